The number of carbonyl (C=O) groups excluding carboxylic acids is 1. The minimum atomic E-state index is -4.74. The molecule has 0 aliphatic heterocycles. The lowest BCUT2D eigenvalue weighted by Gasteiger charge is -2.10. The van der Waals surface area contributed by atoms with E-state index in [1.54, 1.807) is 0 Å². The molecule has 0 fully saturated rings. The number of ether oxygens (including phenoxy) is 1. The molecular formula is C16H12F4N2O4. The molecule has 0 aliphatic rings. The van der Waals surface area contributed by atoms with Crippen molar-refractivity contribution in [3.63, 3.8) is 0 Å². The molecule has 0 aliphatic carbocycles. The fourth-order valence-electron chi connectivity index (χ4n) is 2.13. The molecule has 0 radical (unpaired) electrons. The molecule has 2 rings (SSSR count). The fraction of sp³-hybridized carbons (Fsp3) is 0.188. The predicted octanol–water partition coefficient (Wildman–Crippen LogP) is 4.06. The zero-order valence-corrected chi connectivity index (χ0v) is 13.3. The Labute approximate surface area is 144 Å². The first-order chi connectivity index (χ1) is 12.1. The zero-order chi connectivity index (χ0) is 19.5. The number of ketones is 1. The van der Waals surface area contributed by atoms with Crippen LogP contribution in [0.15, 0.2) is 36.4 Å². The van der Waals surface area contributed by atoms with E-state index in [1.165, 1.54) is 19.2 Å². The van der Waals surface area contributed by atoms with E-state index in [4.69, 9.17) is 4.74 Å². The summed E-state index contributed by atoms with van der Waals surface area (Å²) >= 11 is 0. The van der Waals surface area contributed by atoms with E-state index in [-0.39, 0.29) is 17.0 Å². The number of nitro benzene ring substituents is 1. The third kappa shape index (κ3) is 4.26. The Kier molecular flexibility index (Phi) is 5.44. The third-order valence-corrected chi connectivity index (χ3v) is 3.43. The number of methoxy groups -OCH3 is 1. The van der Waals surface area contributed by atoms with Crippen LogP contribution in [0.1, 0.15) is 15.9 Å². The van der Waals surface area contributed by atoms with Crippen LogP contribution in [0.5, 0.6) is 5.75 Å². The average molecular weight is 372 g/mol. The van der Waals surface area contributed by atoms with Gasteiger partial charge in [0.15, 0.2) is 17.3 Å². The summed E-state index contributed by atoms with van der Waals surface area (Å²) < 4.78 is 56.3. The van der Waals surface area contributed by atoms with E-state index in [1.807, 2.05) is 0 Å². The fourth-order valence-corrected chi connectivity index (χ4v) is 2.13. The van der Waals surface area contributed by atoms with Gasteiger partial charge >= 0.3 is 6.18 Å². The van der Waals surface area contributed by atoms with Crippen LogP contribution in [-0.2, 0) is 6.18 Å². The molecule has 1 N–H and O–H groups in total. The first kappa shape index (κ1) is 19.2. The second-order valence-electron chi connectivity index (χ2n) is 5.11. The van der Waals surface area contributed by atoms with Crippen molar-refractivity contribution in [1.29, 1.82) is 0 Å². The van der Waals surface area contributed by atoms with Gasteiger partial charge in [-0.1, -0.05) is 0 Å². The number of hydrogen-bond acceptors (Lipinski definition) is 5. The van der Waals surface area contributed by atoms with Crippen molar-refractivity contribution < 1.29 is 32.0 Å². The number of nitro groups is 1. The molecule has 2 aromatic carbocycles. The van der Waals surface area contributed by atoms with Gasteiger partial charge in [0.2, 0.25) is 0 Å². The number of hydrogen-bond donors (Lipinski definition) is 1. The van der Waals surface area contributed by atoms with Gasteiger partial charge in [-0.05, 0) is 30.3 Å². The smallest absolute Gasteiger partial charge is 0.416 e. The highest BCUT2D eigenvalue weighted by Crippen LogP contribution is 2.34. The number of nitrogens with one attached hydrogen (secondary N) is 1. The topological polar surface area (TPSA) is 81.5 Å². The minimum Gasteiger partial charge on any atom is -0.494 e. The highest BCUT2D eigenvalue weighted by atomic mass is 19.4. The maximum Gasteiger partial charge on any atom is 0.416 e. The summed E-state index contributed by atoms with van der Waals surface area (Å²) in [6.45, 7) is -0.474. The SMILES string of the molecule is COc1ccc(C(=O)CNc2ccc(C(F)(F)F)cc2[N+](=O)[O-])cc1F. The van der Waals surface area contributed by atoms with Gasteiger partial charge < -0.3 is 10.1 Å². The van der Waals surface area contributed by atoms with Crippen molar-refractivity contribution in [1.82, 2.24) is 0 Å². The number of alkyl halides is 3. The van der Waals surface area contributed by atoms with Crippen LogP contribution in [0.4, 0.5) is 28.9 Å². The summed E-state index contributed by atoms with van der Waals surface area (Å²) in [6, 6.07) is 5.37. The lowest BCUT2D eigenvalue weighted by atomic mass is 10.1. The molecule has 0 heterocycles. The van der Waals surface area contributed by atoms with Crippen molar-refractivity contribution in [2.24, 2.45) is 0 Å². The van der Waals surface area contributed by atoms with Crippen LogP contribution < -0.4 is 10.1 Å². The van der Waals surface area contributed by atoms with Crippen molar-refractivity contribution >= 4 is 17.2 Å². The highest BCUT2D eigenvalue weighted by molar-refractivity contribution is 5.99. The molecule has 0 aromatic heterocycles. The Bertz CT molecular complexity index is 853. The number of benzene rings is 2. The van der Waals surface area contributed by atoms with Gasteiger partial charge in [0.05, 0.1) is 24.1 Å². The molecule has 138 valence electrons. The normalized spacial score (nSPS) is 11.1. The quantitative estimate of drug-likeness (QED) is 0.358. The van der Waals surface area contributed by atoms with Crippen LogP contribution >= 0.6 is 0 Å². The van der Waals surface area contributed by atoms with Crippen LogP contribution in [0.25, 0.3) is 0 Å². The predicted molar refractivity (Wildman–Crippen MR) is 83.9 cm³/mol. The second kappa shape index (κ2) is 7.38. The summed E-state index contributed by atoms with van der Waals surface area (Å²) in [4.78, 5) is 22.0. The molecule has 0 amide bonds. The Morgan fingerprint density at radius 2 is 1.92 bits per heavy atom. The number of anilines is 1. The molecule has 2 aromatic rings. The number of Topliss-reactive ketones (excluding diaryl/α,β-unsaturated/α-hetero) is 1. The number of carbonyl (C=O) groups is 1. The van der Waals surface area contributed by atoms with Crippen molar-refractivity contribution in [3.05, 3.63) is 63.5 Å². The summed E-state index contributed by atoms with van der Waals surface area (Å²) in [7, 11) is 1.26. The second-order valence-corrected chi connectivity index (χ2v) is 5.11. The first-order valence-corrected chi connectivity index (χ1v) is 7.09. The van der Waals surface area contributed by atoms with Crippen LogP contribution in [0.2, 0.25) is 0 Å². The molecule has 0 saturated heterocycles. The van der Waals surface area contributed by atoms with E-state index >= 15 is 0 Å². The van der Waals surface area contributed by atoms with E-state index in [2.05, 4.69) is 5.32 Å². The van der Waals surface area contributed by atoms with Crippen LogP contribution in [0.3, 0.4) is 0 Å². The highest BCUT2D eigenvalue weighted by Gasteiger charge is 2.33. The van der Waals surface area contributed by atoms with E-state index in [0.717, 1.165) is 12.1 Å². The number of nitrogens with zero attached hydrogens (tertiary/aromatic N) is 1. The third-order valence-electron chi connectivity index (χ3n) is 3.43. The Morgan fingerprint density at radius 3 is 2.46 bits per heavy atom. The first-order valence-electron chi connectivity index (χ1n) is 7.09. The van der Waals surface area contributed by atoms with Crippen LogP contribution in [-0.4, -0.2) is 24.4 Å². The Balaban J connectivity index is 2.19. The van der Waals surface area contributed by atoms with Gasteiger partial charge in [-0.2, -0.15) is 13.2 Å². The van der Waals surface area contributed by atoms with Gasteiger partial charge in [-0.3, -0.25) is 14.9 Å². The summed E-state index contributed by atoms with van der Waals surface area (Å²) in [6.07, 6.45) is -4.74. The molecule has 0 saturated carbocycles. The van der Waals surface area contributed by atoms with Gasteiger partial charge in [0.25, 0.3) is 5.69 Å². The Hall–Kier alpha value is -3.17. The molecule has 0 spiro atoms. The maximum atomic E-state index is 13.6. The van der Waals surface area contributed by atoms with Crippen molar-refractivity contribution in [3.8, 4) is 5.75 Å². The number of halogens is 4. The van der Waals surface area contributed by atoms with E-state index in [9.17, 15) is 32.5 Å². The summed E-state index contributed by atoms with van der Waals surface area (Å²) in [5.74, 6) is -1.44. The molecule has 0 unspecified atom stereocenters. The molecule has 6 nitrogen and oxygen atoms in total. The largest absolute Gasteiger partial charge is 0.494 e. The van der Waals surface area contributed by atoms with Gasteiger partial charge in [-0.15, -0.1) is 0 Å². The van der Waals surface area contributed by atoms with E-state index in [0.29, 0.717) is 12.1 Å². The minimum absolute atomic E-state index is 0.0228. The standard InChI is InChI=1S/C16H12F4N2O4/c1-26-15-5-2-9(6-11(15)17)14(23)8-21-12-4-3-10(16(18,19)20)7-13(12)22(24)25/h2-7,21H,8H2,1H3. The molecule has 0 bridgehead atoms. The van der Waals surface area contributed by atoms with E-state index < -0.39 is 40.5 Å². The maximum absolute atomic E-state index is 13.6. The van der Waals surface area contributed by atoms with Crippen molar-refractivity contribution in [2.45, 2.75) is 6.18 Å². The average Bonchev–Trinajstić information content (AvgIpc) is 2.58. The van der Waals surface area contributed by atoms with Gasteiger partial charge in [0.1, 0.15) is 5.69 Å². The van der Waals surface area contributed by atoms with Gasteiger partial charge in [0, 0.05) is 11.6 Å². The molecule has 26 heavy (non-hydrogen) atoms. The zero-order valence-electron chi connectivity index (χ0n) is 13.3. The molecular weight excluding hydrogens is 360 g/mol. The monoisotopic (exact) mass is 372 g/mol. The number of rotatable bonds is 6. The van der Waals surface area contributed by atoms with Crippen LogP contribution in [0, 0.1) is 15.9 Å². The lowest BCUT2D eigenvalue weighted by molar-refractivity contribution is -0.384. The summed E-state index contributed by atoms with van der Waals surface area (Å²) in [5.41, 5.74) is -2.29. The summed E-state index contributed by atoms with van der Waals surface area (Å²) in [5, 5.41) is 13.4. The van der Waals surface area contributed by atoms with Crippen molar-refractivity contribution in [2.75, 3.05) is 19.0 Å². The molecule has 10 heteroatoms. The Morgan fingerprint density at radius 1 is 1.23 bits per heavy atom. The molecule has 0 atom stereocenters. The lowest BCUT2D eigenvalue weighted by Crippen LogP contribution is -2.15. The van der Waals surface area contributed by atoms with Gasteiger partial charge in [-0.25, -0.2) is 4.39 Å².